The quantitative estimate of drug-likeness (QED) is 0.433. The Morgan fingerprint density at radius 2 is 2.13 bits per heavy atom. The highest BCUT2D eigenvalue weighted by Gasteiger charge is 2.21. The molecular formula is C10H20ClNO3. The third kappa shape index (κ3) is 7.36. The molecule has 0 aromatic heterocycles. The fraction of sp³-hybridized carbons (Fsp3) is 0.700. The van der Waals surface area contributed by atoms with E-state index in [-0.39, 0.29) is 12.4 Å². The standard InChI is InChI=1S/C10H19NO3.ClH/c1-6-10(5,13)11-8(4)14-9(12)7(2)3;/h8,11,13H,2,6H2,1,3-5H3;1H. The Labute approximate surface area is 97.1 Å². The number of carbonyl (C=O) groups is 1. The van der Waals surface area contributed by atoms with Crippen LogP contribution >= 0.6 is 12.4 Å². The molecule has 0 radical (unpaired) electrons. The van der Waals surface area contributed by atoms with E-state index in [0.29, 0.717) is 12.0 Å². The molecule has 2 atom stereocenters. The summed E-state index contributed by atoms with van der Waals surface area (Å²) in [6.07, 6.45) is -0.00347. The molecule has 0 aliphatic heterocycles. The Bertz CT molecular complexity index is 229. The third-order valence-electron chi connectivity index (χ3n) is 1.83. The van der Waals surface area contributed by atoms with E-state index in [9.17, 15) is 9.90 Å². The lowest BCUT2D eigenvalue weighted by Gasteiger charge is -2.27. The van der Waals surface area contributed by atoms with Gasteiger partial charge in [0.2, 0.25) is 0 Å². The van der Waals surface area contributed by atoms with Crippen molar-refractivity contribution in [2.24, 2.45) is 0 Å². The van der Waals surface area contributed by atoms with Crippen molar-refractivity contribution < 1.29 is 14.6 Å². The van der Waals surface area contributed by atoms with Gasteiger partial charge in [0.25, 0.3) is 0 Å². The number of nitrogens with one attached hydrogen (secondary N) is 1. The molecule has 2 N–H and O–H groups in total. The minimum absolute atomic E-state index is 0. The summed E-state index contributed by atoms with van der Waals surface area (Å²) in [6, 6.07) is 0. The minimum Gasteiger partial charge on any atom is -0.443 e. The summed E-state index contributed by atoms with van der Waals surface area (Å²) in [4.78, 5) is 11.1. The molecule has 15 heavy (non-hydrogen) atoms. The number of halogens is 1. The van der Waals surface area contributed by atoms with Crippen LogP contribution in [-0.4, -0.2) is 23.0 Å². The zero-order valence-corrected chi connectivity index (χ0v) is 10.5. The van der Waals surface area contributed by atoms with Crippen LogP contribution in [0.15, 0.2) is 12.2 Å². The fourth-order valence-electron chi connectivity index (χ4n) is 0.831. The zero-order valence-electron chi connectivity index (χ0n) is 9.66. The fourth-order valence-corrected chi connectivity index (χ4v) is 0.831. The van der Waals surface area contributed by atoms with Gasteiger partial charge in [-0.05, 0) is 27.2 Å². The van der Waals surface area contributed by atoms with Crippen LogP contribution in [0.2, 0.25) is 0 Å². The van der Waals surface area contributed by atoms with Crippen molar-refractivity contribution in [3.8, 4) is 0 Å². The highest BCUT2D eigenvalue weighted by atomic mass is 35.5. The van der Waals surface area contributed by atoms with E-state index in [1.165, 1.54) is 0 Å². The Morgan fingerprint density at radius 3 is 2.47 bits per heavy atom. The number of hydrogen-bond acceptors (Lipinski definition) is 4. The van der Waals surface area contributed by atoms with Crippen molar-refractivity contribution in [1.29, 1.82) is 0 Å². The first-order valence-electron chi connectivity index (χ1n) is 4.65. The van der Waals surface area contributed by atoms with E-state index in [1.54, 1.807) is 20.8 Å². The van der Waals surface area contributed by atoms with Crippen molar-refractivity contribution in [2.45, 2.75) is 46.1 Å². The Balaban J connectivity index is 0. The summed E-state index contributed by atoms with van der Waals surface area (Å²) in [7, 11) is 0. The smallest absolute Gasteiger partial charge is 0.334 e. The first kappa shape index (κ1) is 16.8. The van der Waals surface area contributed by atoms with E-state index in [0.717, 1.165) is 0 Å². The summed E-state index contributed by atoms with van der Waals surface area (Å²) >= 11 is 0. The van der Waals surface area contributed by atoms with E-state index in [4.69, 9.17) is 4.74 Å². The van der Waals surface area contributed by atoms with Crippen LogP contribution in [0.3, 0.4) is 0 Å². The van der Waals surface area contributed by atoms with Crippen LogP contribution in [0.1, 0.15) is 34.1 Å². The summed E-state index contributed by atoms with van der Waals surface area (Å²) in [5.41, 5.74) is -0.677. The van der Waals surface area contributed by atoms with Gasteiger partial charge in [-0.3, -0.25) is 5.32 Å². The van der Waals surface area contributed by atoms with Crippen molar-refractivity contribution in [3.63, 3.8) is 0 Å². The van der Waals surface area contributed by atoms with Crippen LogP contribution in [0, 0.1) is 0 Å². The topological polar surface area (TPSA) is 58.6 Å². The van der Waals surface area contributed by atoms with Gasteiger partial charge in [-0.1, -0.05) is 13.5 Å². The van der Waals surface area contributed by atoms with Crippen molar-refractivity contribution in [1.82, 2.24) is 5.32 Å². The molecule has 0 heterocycles. The summed E-state index contributed by atoms with van der Waals surface area (Å²) < 4.78 is 4.94. The Morgan fingerprint density at radius 1 is 1.67 bits per heavy atom. The van der Waals surface area contributed by atoms with Crippen molar-refractivity contribution in [2.75, 3.05) is 0 Å². The molecule has 2 unspecified atom stereocenters. The number of esters is 1. The molecule has 0 saturated carbocycles. The lowest BCUT2D eigenvalue weighted by molar-refractivity contribution is -0.149. The van der Waals surface area contributed by atoms with Gasteiger partial charge < -0.3 is 9.84 Å². The Hall–Kier alpha value is -0.580. The second kappa shape index (κ2) is 6.82. The molecule has 0 saturated heterocycles. The van der Waals surface area contributed by atoms with Gasteiger partial charge in [0.15, 0.2) is 6.23 Å². The molecule has 0 aromatic carbocycles. The van der Waals surface area contributed by atoms with E-state index in [2.05, 4.69) is 11.9 Å². The first-order chi connectivity index (χ1) is 6.28. The molecule has 0 rings (SSSR count). The molecule has 0 aromatic rings. The highest BCUT2D eigenvalue weighted by molar-refractivity contribution is 5.87. The van der Waals surface area contributed by atoms with Crippen molar-refractivity contribution >= 4 is 18.4 Å². The Kier molecular flexibility index (Phi) is 7.66. The van der Waals surface area contributed by atoms with Gasteiger partial charge in [0.1, 0.15) is 5.72 Å². The lowest BCUT2D eigenvalue weighted by Crippen LogP contribution is -2.48. The van der Waals surface area contributed by atoms with Crippen LogP contribution < -0.4 is 5.32 Å². The largest absolute Gasteiger partial charge is 0.443 e. The maximum atomic E-state index is 11.1. The number of hydrogen-bond donors (Lipinski definition) is 2. The van der Waals surface area contributed by atoms with Crippen LogP contribution in [-0.2, 0) is 9.53 Å². The van der Waals surface area contributed by atoms with Crippen molar-refractivity contribution in [3.05, 3.63) is 12.2 Å². The summed E-state index contributed by atoms with van der Waals surface area (Å²) in [5, 5.41) is 12.4. The van der Waals surface area contributed by atoms with E-state index in [1.807, 2.05) is 6.92 Å². The molecule has 90 valence electrons. The molecule has 0 amide bonds. The zero-order chi connectivity index (χ0) is 11.4. The van der Waals surface area contributed by atoms with Gasteiger partial charge >= 0.3 is 5.97 Å². The number of rotatable bonds is 5. The molecule has 0 aliphatic carbocycles. The maximum Gasteiger partial charge on any atom is 0.334 e. The van der Waals surface area contributed by atoms with Gasteiger partial charge in [-0.25, -0.2) is 4.79 Å². The average Bonchev–Trinajstić information content (AvgIpc) is 2.02. The molecule has 0 spiro atoms. The molecule has 4 nitrogen and oxygen atoms in total. The van der Waals surface area contributed by atoms with Gasteiger partial charge in [0.05, 0.1) is 0 Å². The highest BCUT2D eigenvalue weighted by Crippen LogP contribution is 2.06. The maximum absolute atomic E-state index is 11.1. The molecule has 0 bridgehead atoms. The molecular weight excluding hydrogens is 218 g/mol. The second-order valence-corrected chi connectivity index (χ2v) is 3.60. The normalized spacial score (nSPS) is 15.8. The van der Waals surface area contributed by atoms with Crippen LogP contribution in [0.4, 0.5) is 0 Å². The van der Waals surface area contributed by atoms with Gasteiger partial charge in [-0.15, -0.1) is 12.4 Å². The average molecular weight is 238 g/mol. The van der Waals surface area contributed by atoms with Gasteiger partial charge in [-0.2, -0.15) is 0 Å². The predicted octanol–water partition coefficient (Wildman–Crippen LogP) is 1.58. The number of ether oxygens (including phenoxy) is 1. The number of aliphatic hydroxyl groups is 1. The minimum atomic E-state index is -1.02. The van der Waals surface area contributed by atoms with E-state index < -0.39 is 17.9 Å². The van der Waals surface area contributed by atoms with E-state index >= 15 is 0 Å². The first-order valence-corrected chi connectivity index (χ1v) is 4.65. The monoisotopic (exact) mass is 237 g/mol. The SMILES string of the molecule is C=C(C)C(=O)OC(C)NC(C)(O)CC.Cl. The third-order valence-corrected chi connectivity index (χ3v) is 1.83. The molecule has 0 aliphatic rings. The van der Waals surface area contributed by atoms with Crippen LogP contribution in [0.25, 0.3) is 0 Å². The number of carbonyl (C=O) groups excluding carboxylic acids is 1. The second-order valence-electron chi connectivity index (χ2n) is 3.60. The summed E-state index contributed by atoms with van der Waals surface area (Å²) in [6.45, 7) is 10.2. The lowest BCUT2D eigenvalue weighted by atomic mass is 10.2. The predicted molar refractivity (Wildman–Crippen MR) is 61.7 cm³/mol. The summed E-state index contributed by atoms with van der Waals surface area (Å²) in [5.74, 6) is -0.461. The molecule has 5 heteroatoms. The van der Waals surface area contributed by atoms with Gasteiger partial charge in [0, 0.05) is 5.57 Å². The van der Waals surface area contributed by atoms with Crippen LogP contribution in [0.5, 0.6) is 0 Å². The molecule has 0 fully saturated rings.